The molecule has 0 aliphatic heterocycles. The van der Waals surface area contributed by atoms with Crippen LogP contribution in [0.5, 0.6) is 0 Å². The molecule has 2 heterocycles. The fourth-order valence-electron chi connectivity index (χ4n) is 1.25. The van der Waals surface area contributed by atoms with Gasteiger partial charge in [-0.25, -0.2) is 4.98 Å². The highest BCUT2D eigenvalue weighted by Crippen LogP contribution is 2.32. The highest BCUT2D eigenvalue weighted by molar-refractivity contribution is 9.10. The lowest BCUT2D eigenvalue weighted by Gasteiger charge is -2.09. The fourth-order valence-corrected chi connectivity index (χ4v) is 1.75. The zero-order chi connectivity index (χ0) is 13.5. The molecule has 0 unspecified atom stereocenters. The first-order chi connectivity index (χ1) is 8.30. The summed E-state index contributed by atoms with van der Waals surface area (Å²) < 4.78 is 38.9. The maximum absolute atomic E-state index is 12.4. The van der Waals surface area contributed by atoms with E-state index in [1.807, 2.05) is 0 Å². The zero-order valence-electron chi connectivity index (χ0n) is 8.54. The number of nitrogen functional groups attached to an aromatic ring is 1. The first-order valence-electron chi connectivity index (χ1n) is 4.53. The SMILES string of the molecule is Nc1c(Br)cnn1-c1ncc(C(F)(F)F)cc1Cl. The van der Waals surface area contributed by atoms with Gasteiger partial charge in [0.15, 0.2) is 5.82 Å². The van der Waals surface area contributed by atoms with Crippen LogP contribution >= 0.6 is 27.5 Å². The van der Waals surface area contributed by atoms with Crippen molar-refractivity contribution in [2.45, 2.75) is 6.18 Å². The Morgan fingerprint density at radius 2 is 2.00 bits per heavy atom. The summed E-state index contributed by atoms with van der Waals surface area (Å²) in [5.41, 5.74) is 4.73. The van der Waals surface area contributed by atoms with Crippen molar-refractivity contribution in [2.75, 3.05) is 5.73 Å². The van der Waals surface area contributed by atoms with Crippen LogP contribution in [0, 0.1) is 0 Å². The molecular weight excluding hydrogens is 336 g/mol. The van der Waals surface area contributed by atoms with Crippen molar-refractivity contribution >= 4 is 33.3 Å². The molecule has 0 saturated carbocycles. The number of hydrogen-bond acceptors (Lipinski definition) is 3. The van der Waals surface area contributed by atoms with Crippen LogP contribution in [0.4, 0.5) is 19.0 Å². The predicted molar refractivity (Wildman–Crippen MR) is 63.5 cm³/mol. The Bertz CT molecular complexity index is 596. The normalized spacial score (nSPS) is 11.8. The van der Waals surface area contributed by atoms with Crippen LogP contribution in [0.1, 0.15) is 5.56 Å². The number of aromatic nitrogens is 3. The van der Waals surface area contributed by atoms with E-state index in [1.165, 1.54) is 6.20 Å². The number of pyridine rings is 1. The van der Waals surface area contributed by atoms with E-state index in [0.29, 0.717) is 10.7 Å². The second-order valence-corrected chi connectivity index (χ2v) is 4.58. The Morgan fingerprint density at radius 3 is 2.44 bits per heavy atom. The molecule has 0 atom stereocenters. The van der Waals surface area contributed by atoms with E-state index in [2.05, 4.69) is 26.0 Å². The van der Waals surface area contributed by atoms with Gasteiger partial charge in [-0.2, -0.15) is 23.0 Å². The van der Waals surface area contributed by atoms with Gasteiger partial charge in [-0.05, 0) is 22.0 Å². The summed E-state index contributed by atoms with van der Waals surface area (Å²) in [5, 5.41) is 3.67. The molecule has 0 aliphatic rings. The summed E-state index contributed by atoms with van der Waals surface area (Å²) in [7, 11) is 0. The van der Waals surface area contributed by atoms with Crippen molar-refractivity contribution in [3.05, 3.63) is 33.5 Å². The van der Waals surface area contributed by atoms with Crippen LogP contribution < -0.4 is 5.73 Å². The van der Waals surface area contributed by atoms with Crippen LogP contribution in [0.25, 0.3) is 5.82 Å². The molecule has 0 aromatic carbocycles. The molecule has 4 nitrogen and oxygen atoms in total. The average Bonchev–Trinajstić information content (AvgIpc) is 2.59. The van der Waals surface area contributed by atoms with Gasteiger partial charge in [0.2, 0.25) is 0 Å². The summed E-state index contributed by atoms with van der Waals surface area (Å²) in [5.74, 6) is 0.233. The third-order valence-corrected chi connectivity index (χ3v) is 3.00. The Balaban J connectivity index is 2.52. The molecule has 2 rings (SSSR count). The summed E-state index contributed by atoms with van der Waals surface area (Å²) in [6, 6.07) is 0.777. The van der Waals surface area contributed by atoms with E-state index in [0.717, 1.165) is 10.7 Å². The first-order valence-corrected chi connectivity index (χ1v) is 5.70. The number of halogens is 5. The van der Waals surface area contributed by atoms with Gasteiger partial charge in [0.05, 0.1) is 21.3 Å². The van der Waals surface area contributed by atoms with Gasteiger partial charge < -0.3 is 5.73 Å². The molecule has 2 N–H and O–H groups in total. The molecular formula is C9H5BrClF3N4. The molecule has 18 heavy (non-hydrogen) atoms. The smallest absolute Gasteiger partial charge is 0.383 e. The van der Waals surface area contributed by atoms with E-state index in [9.17, 15) is 13.2 Å². The lowest BCUT2D eigenvalue weighted by molar-refractivity contribution is -0.137. The summed E-state index contributed by atoms with van der Waals surface area (Å²) in [6.07, 6.45) is -2.42. The van der Waals surface area contributed by atoms with Gasteiger partial charge in [-0.15, -0.1) is 0 Å². The molecule has 0 radical (unpaired) electrons. The number of nitrogens with two attached hydrogens (primary N) is 1. The first kappa shape index (κ1) is 13.2. The van der Waals surface area contributed by atoms with Crippen LogP contribution in [0.2, 0.25) is 5.02 Å². The van der Waals surface area contributed by atoms with E-state index in [1.54, 1.807) is 0 Å². The van der Waals surface area contributed by atoms with Gasteiger partial charge in [-0.3, -0.25) is 0 Å². The molecule has 0 aliphatic carbocycles. The fraction of sp³-hybridized carbons (Fsp3) is 0.111. The maximum atomic E-state index is 12.4. The van der Waals surface area contributed by atoms with Crippen LogP contribution in [-0.2, 0) is 6.18 Å². The standard InChI is InChI=1S/C9H5BrClF3N4/c10-5-3-17-18(7(5)15)8-6(11)1-4(2-16-8)9(12,13)14/h1-3H,15H2. The van der Waals surface area contributed by atoms with Crippen LogP contribution in [-0.4, -0.2) is 14.8 Å². The van der Waals surface area contributed by atoms with Crippen molar-refractivity contribution in [3.63, 3.8) is 0 Å². The van der Waals surface area contributed by atoms with Gasteiger partial charge >= 0.3 is 6.18 Å². The summed E-state index contributed by atoms with van der Waals surface area (Å²) >= 11 is 8.88. The van der Waals surface area contributed by atoms with Gasteiger partial charge in [0, 0.05) is 6.20 Å². The maximum Gasteiger partial charge on any atom is 0.417 e. The number of hydrogen-bond donors (Lipinski definition) is 1. The van der Waals surface area contributed by atoms with Gasteiger partial charge in [0.1, 0.15) is 5.82 Å². The van der Waals surface area contributed by atoms with E-state index >= 15 is 0 Å². The number of alkyl halides is 3. The largest absolute Gasteiger partial charge is 0.417 e. The lowest BCUT2D eigenvalue weighted by Crippen LogP contribution is -2.09. The molecule has 2 aromatic heterocycles. The van der Waals surface area contributed by atoms with Crippen molar-refractivity contribution in [2.24, 2.45) is 0 Å². The van der Waals surface area contributed by atoms with Crippen LogP contribution in [0.3, 0.4) is 0 Å². The third kappa shape index (κ3) is 2.30. The van der Waals surface area contributed by atoms with Gasteiger partial charge in [0.25, 0.3) is 0 Å². The van der Waals surface area contributed by atoms with Crippen LogP contribution in [0.15, 0.2) is 22.9 Å². The lowest BCUT2D eigenvalue weighted by atomic mass is 10.3. The minimum atomic E-state index is -4.49. The molecule has 0 saturated heterocycles. The Morgan fingerprint density at radius 1 is 1.33 bits per heavy atom. The second kappa shape index (κ2) is 4.43. The third-order valence-electron chi connectivity index (χ3n) is 2.11. The number of nitrogens with zero attached hydrogens (tertiary/aromatic N) is 3. The predicted octanol–water partition coefficient (Wildman–Crippen LogP) is 3.28. The average molecular weight is 342 g/mol. The Labute approximate surface area is 113 Å². The quantitative estimate of drug-likeness (QED) is 0.866. The molecule has 2 aromatic rings. The zero-order valence-corrected chi connectivity index (χ0v) is 10.9. The van der Waals surface area contributed by atoms with Crippen molar-refractivity contribution in [3.8, 4) is 5.82 Å². The van der Waals surface area contributed by atoms with E-state index in [-0.39, 0.29) is 16.7 Å². The minimum absolute atomic E-state index is 0.0351. The monoisotopic (exact) mass is 340 g/mol. The highest BCUT2D eigenvalue weighted by atomic mass is 79.9. The molecule has 0 bridgehead atoms. The van der Waals surface area contributed by atoms with E-state index < -0.39 is 11.7 Å². The molecule has 9 heteroatoms. The Kier molecular flexibility index (Phi) is 3.24. The van der Waals surface area contributed by atoms with Gasteiger partial charge in [-0.1, -0.05) is 11.6 Å². The van der Waals surface area contributed by atoms with Crippen molar-refractivity contribution in [1.82, 2.24) is 14.8 Å². The minimum Gasteiger partial charge on any atom is -0.383 e. The summed E-state index contributed by atoms with van der Waals surface area (Å²) in [4.78, 5) is 3.64. The molecule has 0 spiro atoms. The number of rotatable bonds is 1. The molecule has 96 valence electrons. The topological polar surface area (TPSA) is 56.7 Å². The number of anilines is 1. The molecule has 0 amide bonds. The van der Waals surface area contributed by atoms with Crippen molar-refractivity contribution < 1.29 is 13.2 Å². The van der Waals surface area contributed by atoms with E-state index in [4.69, 9.17) is 17.3 Å². The van der Waals surface area contributed by atoms with Crippen molar-refractivity contribution in [1.29, 1.82) is 0 Å². The summed E-state index contributed by atoms with van der Waals surface area (Å²) in [6.45, 7) is 0. The Hall–Kier alpha value is -1.28. The highest BCUT2D eigenvalue weighted by Gasteiger charge is 2.31. The second-order valence-electron chi connectivity index (χ2n) is 3.32. The molecule has 0 fully saturated rings.